The smallest absolute Gasteiger partial charge is 0.0429 e. The molecule has 4 aromatic carbocycles. The van der Waals surface area contributed by atoms with Gasteiger partial charge in [-0.25, -0.2) is 0 Å². The number of hydrogen-bond acceptors (Lipinski definition) is 2. The van der Waals surface area contributed by atoms with Crippen molar-refractivity contribution in [2.24, 2.45) is 0 Å². The van der Waals surface area contributed by atoms with Crippen LogP contribution in [0.4, 0.5) is 0 Å². The summed E-state index contributed by atoms with van der Waals surface area (Å²) in [5.74, 6) is 0. The zero-order valence-electron chi connectivity index (χ0n) is 9.55. The van der Waals surface area contributed by atoms with E-state index in [9.17, 15) is 4.55 Å². The number of benzene rings is 4. The van der Waals surface area contributed by atoms with E-state index in [0.29, 0.717) is 0 Å². The molecule has 4 rings (SSSR count). The number of hydrogen-bond donors (Lipinski definition) is 1. The van der Waals surface area contributed by atoms with Crippen LogP contribution in [0.3, 0.4) is 0 Å². The summed E-state index contributed by atoms with van der Waals surface area (Å²) in [6.07, 6.45) is 0. The van der Waals surface area contributed by atoms with E-state index in [0.717, 1.165) is 22.3 Å². The number of rotatable bonds is 1. The molecule has 0 radical (unpaired) electrons. The van der Waals surface area contributed by atoms with Gasteiger partial charge in [0.05, 0.1) is 0 Å². The zero-order chi connectivity index (χ0) is 12.1. The normalized spacial score (nSPS) is 11.8. The molecule has 0 aliphatic rings. The lowest BCUT2D eigenvalue weighted by Gasteiger charge is -2.12. The van der Waals surface area contributed by atoms with Gasteiger partial charge < -0.3 is 4.55 Å². The molecule has 0 saturated heterocycles. The monoisotopic (exact) mass is 250 g/mol. The second kappa shape index (κ2) is 3.61. The molecule has 86 valence electrons. The van der Waals surface area contributed by atoms with Crippen LogP contribution in [0, 0.1) is 0 Å². The summed E-state index contributed by atoms with van der Waals surface area (Å²) in [6.45, 7) is 0. The standard InChI is InChI=1S/C16H10OS/c17-18-14-9-7-12-5-4-10-2-1-3-11-6-8-13(14)16(12)15(10)11/h1-9,17H. The minimum atomic E-state index is 0.821. The summed E-state index contributed by atoms with van der Waals surface area (Å²) in [4.78, 5) is 0.917. The van der Waals surface area contributed by atoms with E-state index < -0.39 is 0 Å². The molecule has 0 fully saturated rings. The lowest BCUT2D eigenvalue weighted by Crippen LogP contribution is -1.85. The maximum Gasteiger partial charge on any atom is 0.0429 e. The Morgan fingerprint density at radius 1 is 0.667 bits per heavy atom. The topological polar surface area (TPSA) is 20.2 Å². The Morgan fingerprint density at radius 2 is 1.28 bits per heavy atom. The van der Waals surface area contributed by atoms with Gasteiger partial charge in [0.25, 0.3) is 0 Å². The van der Waals surface area contributed by atoms with Gasteiger partial charge >= 0.3 is 0 Å². The van der Waals surface area contributed by atoms with Crippen LogP contribution < -0.4 is 0 Å². The van der Waals surface area contributed by atoms with E-state index in [1.54, 1.807) is 0 Å². The van der Waals surface area contributed by atoms with Crippen LogP contribution in [0.15, 0.2) is 59.5 Å². The van der Waals surface area contributed by atoms with Gasteiger partial charge in [-0.15, -0.1) is 0 Å². The van der Waals surface area contributed by atoms with Crippen molar-refractivity contribution in [3.8, 4) is 0 Å². The summed E-state index contributed by atoms with van der Waals surface area (Å²) in [7, 11) is 0. The Labute approximate surface area is 109 Å². The zero-order valence-corrected chi connectivity index (χ0v) is 10.4. The Bertz CT molecular complexity index is 851. The maximum atomic E-state index is 9.38. The lowest BCUT2D eigenvalue weighted by atomic mass is 9.94. The molecule has 18 heavy (non-hydrogen) atoms. The fourth-order valence-corrected chi connectivity index (χ4v) is 3.19. The summed E-state index contributed by atoms with van der Waals surface area (Å²) in [6, 6.07) is 19.0. The molecule has 1 nitrogen and oxygen atoms in total. The molecule has 0 aromatic heterocycles. The van der Waals surface area contributed by atoms with Gasteiger partial charge in [-0.2, -0.15) is 0 Å². The molecular weight excluding hydrogens is 240 g/mol. The van der Waals surface area contributed by atoms with Crippen LogP contribution in [0.5, 0.6) is 0 Å². The first-order chi connectivity index (χ1) is 8.88. The third-order valence-corrected chi connectivity index (χ3v) is 4.14. The van der Waals surface area contributed by atoms with Gasteiger partial charge in [0.15, 0.2) is 0 Å². The van der Waals surface area contributed by atoms with Gasteiger partial charge in [-0.1, -0.05) is 48.5 Å². The van der Waals surface area contributed by atoms with Crippen molar-refractivity contribution in [2.75, 3.05) is 0 Å². The lowest BCUT2D eigenvalue weighted by molar-refractivity contribution is 0.664. The highest BCUT2D eigenvalue weighted by Crippen LogP contribution is 2.37. The average Bonchev–Trinajstić information content (AvgIpc) is 2.44. The molecule has 0 aliphatic heterocycles. The Balaban J connectivity index is 2.40. The first-order valence-corrected chi connectivity index (χ1v) is 6.64. The van der Waals surface area contributed by atoms with Crippen molar-refractivity contribution in [1.82, 2.24) is 0 Å². The van der Waals surface area contributed by atoms with Gasteiger partial charge in [-0.05, 0) is 38.4 Å². The molecule has 1 N–H and O–H groups in total. The van der Waals surface area contributed by atoms with Gasteiger partial charge in [0, 0.05) is 16.9 Å². The molecule has 0 saturated carbocycles. The molecular formula is C16H10OS. The average molecular weight is 250 g/mol. The van der Waals surface area contributed by atoms with E-state index in [-0.39, 0.29) is 0 Å². The van der Waals surface area contributed by atoms with E-state index in [4.69, 9.17) is 0 Å². The molecule has 0 aliphatic carbocycles. The van der Waals surface area contributed by atoms with Crippen LogP contribution in [0.2, 0.25) is 0 Å². The third-order valence-electron chi connectivity index (χ3n) is 3.59. The van der Waals surface area contributed by atoms with Crippen molar-refractivity contribution in [3.63, 3.8) is 0 Å². The SMILES string of the molecule is OSc1ccc2ccc3cccc4ccc1c2c34. The fourth-order valence-electron chi connectivity index (χ4n) is 2.79. The predicted molar refractivity (Wildman–Crippen MR) is 78.6 cm³/mol. The van der Waals surface area contributed by atoms with E-state index in [2.05, 4.69) is 48.5 Å². The second-order valence-corrected chi connectivity index (χ2v) is 5.13. The quantitative estimate of drug-likeness (QED) is 0.372. The summed E-state index contributed by atoms with van der Waals surface area (Å²) < 4.78 is 9.38. The highest BCUT2D eigenvalue weighted by atomic mass is 32.2. The van der Waals surface area contributed by atoms with Crippen molar-refractivity contribution in [3.05, 3.63) is 54.6 Å². The highest BCUT2D eigenvalue weighted by molar-refractivity contribution is 7.94. The minimum absolute atomic E-state index is 0.821. The Morgan fingerprint density at radius 3 is 2.00 bits per heavy atom. The van der Waals surface area contributed by atoms with E-state index in [1.807, 2.05) is 6.07 Å². The molecule has 0 unspecified atom stereocenters. The van der Waals surface area contributed by atoms with Crippen LogP contribution in [0.25, 0.3) is 32.3 Å². The highest BCUT2D eigenvalue weighted by Gasteiger charge is 2.10. The van der Waals surface area contributed by atoms with Crippen molar-refractivity contribution >= 4 is 44.4 Å². The predicted octanol–water partition coefficient (Wildman–Crippen LogP) is 5.15. The molecule has 0 spiro atoms. The second-order valence-electron chi connectivity index (χ2n) is 4.51. The first-order valence-electron chi connectivity index (χ1n) is 5.86. The Kier molecular flexibility index (Phi) is 2.04. The van der Waals surface area contributed by atoms with Gasteiger partial charge in [0.2, 0.25) is 0 Å². The largest absolute Gasteiger partial charge is 0.325 e. The summed E-state index contributed by atoms with van der Waals surface area (Å²) >= 11 is 0.821. The molecule has 0 heterocycles. The van der Waals surface area contributed by atoms with Gasteiger partial charge in [0.1, 0.15) is 0 Å². The maximum absolute atomic E-state index is 9.38. The fraction of sp³-hybridized carbons (Fsp3) is 0. The summed E-state index contributed by atoms with van der Waals surface area (Å²) in [5.41, 5.74) is 0. The van der Waals surface area contributed by atoms with Gasteiger partial charge in [-0.3, -0.25) is 0 Å². The van der Waals surface area contributed by atoms with Crippen LogP contribution in [-0.2, 0) is 0 Å². The van der Waals surface area contributed by atoms with Crippen LogP contribution in [-0.4, -0.2) is 4.55 Å². The third kappa shape index (κ3) is 1.22. The van der Waals surface area contributed by atoms with Crippen LogP contribution >= 0.6 is 12.0 Å². The van der Waals surface area contributed by atoms with Crippen molar-refractivity contribution in [1.29, 1.82) is 0 Å². The van der Waals surface area contributed by atoms with E-state index >= 15 is 0 Å². The first kappa shape index (κ1) is 10.2. The molecule has 0 amide bonds. The summed E-state index contributed by atoms with van der Waals surface area (Å²) in [5, 5.41) is 7.42. The minimum Gasteiger partial charge on any atom is -0.325 e. The Hall–Kier alpha value is -1.77. The molecule has 4 aromatic rings. The van der Waals surface area contributed by atoms with E-state index in [1.165, 1.54) is 26.9 Å². The molecule has 2 heteroatoms. The molecule has 0 bridgehead atoms. The van der Waals surface area contributed by atoms with Crippen LogP contribution in [0.1, 0.15) is 0 Å². The van der Waals surface area contributed by atoms with Crippen molar-refractivity contribution in [2.45, 2.75) is 4.90 Å². The van der Waals surface area contributed by atoms with Crippen molar-refractivity contribution < 1.29 is 4.55 Å². The molecule has 0 atom stereocenters.